The number of unbranched alkanes of at least 4 members (excludes halogenated alkanes) is 3. The van der Waals surface area contributed by atoms with Crippen molar-refractivity contribution in [3.8, 4) is 5.75 Å². The number of carbonyl (C=O) groups excluding carboxylic acids is 3. The van der Waals surface area contributed by atoms with Crippen LogP contribution in [0.3, 0.4) is 0 Å². The number of nitrogens with zero attached hydrogens (tertiary/aromatic N) is 1. The number of carbonyl (C=O) groups is 3. The fraction of sp³-hybridized carbons (Fsp3) is 0.565. The molecule has 0 radical (unpaired) electrons. The maximum Gasteiger partial charge on any atom is 0.308 e. The number of piperazine rings is 1. The zero-order valence-electron chi connectivity index (χ0n) is 18.9. The molecule has 1 heterocycles. The molecule has 0 spiro atoms. The van der Waals surface area contributed by atoms with Crippen molar-refractivity contribution < 1.29 is 23.9 Å². The van der Waals surface area contributed by atoms with Gasteiger partial charge in [0.05, 0.1) is 19.6 Å². The lowest BCUT2D eigenvalue weighted by Gasteiger charge is -2.36. The maximum absolute atomic E-state index is 12.6. The first-order chi connectivity index (χ1) is 15.5. The highest BCUT2D eigenvalue weighted by atomic mass is 32.1. The van der Waals surface area contributed by atoms with Crippen molar-refractivity contribution in [1.29, 1.82) is 0 Å². The Kier molecular flexibility index (Phi) is 10.9. The highest BCUT2D eigenvalue weighted by Crippen LogP contribution is 2.14. The molecule has 1 aromatic carbocycles. The van der Waals surface area contributed by atoms with E-state index >= 15 is 0 Å². The molecule has 0 aromatic heterocycles. The molecule has 2 N–H and O–H groups in total. The third-order valence-electron chi connectivity index (χ3n) is 5.07. The summed E-state index contributed by atoms with van der Waals surface area (Å²) in [7, 11) is 0. The van der Waals surface area contributed by atoms with E-state index in [0.29, 0.717) is 37.6 Å². The average Bonchev–Trinajstić information content (AvgIpc) is 2.78. The Hall–Kier alpha value is -2.68. The lowest BCUT2D eigenvalue weighted by molar-refractivity contribution is -0.147. The molecule has 1 unspecified atom stereocenters. The highest BCUT2D eigenvalue weighted by Gasteiger charge is 2.34. The van der Waals surface area contributed by atoms with E-state index in [1.165, 1.54) is 0 Å². The molecule has 9 heteroatoms. The molecule has 2 rings (SSSR count). The van der Waals surface area contributed by atoms with Gasteiger partial charge in [-0.15, -0.1) is 0 Å². The van der Waals surface area contributed by atoms with Crippen LogP contribution in [0.2, 0.25) is 0 Å². The zero-order valence-corrected chi connectivity index (χ0v) is 19.7. The lowest BCUT2D eigenvalue weighted by atomic mass is 10.1. The molecule has 32 heavy (non-hydrogen) atoms. The standard InChI is InChI=1S/C23H33N3O5S/c1-3-5-7-15-30-18-10-8-17(9-11-18)21(28)25-23(32)26-13-12-24-22(29)19(26)16-20(27)31-14-6-4-2/h8-11,19H,3-7,12-16H2,1-2H3,(H,24,29)(H,25,28,32). The van der Waals surface area contributed by atoms with Gasteiger partial charge >= 0.3 is 5.97 Å². The number of benzene rings is 1. The van der Waals surface area contributed by atoms with Gasteiger partial charge in [0.2, 0.25) is 5.91 Å². The molecule has 1 saturated heterocycles. The zero-order chi connectivity index (χ0) is 23.3. The number of nitrogens with one attached hydrogen (secondary N) is 2. The van der Waals surface area contributed by atoms with Crippen molar-refractivity contribution in [3.05, 3.63) is 29.8 Å². The summed E-state index contributed by atoms with van der Waals surface area (Å²) < 4.78 is 10.8. The van der Waals surface area contributed by atoms with Gasteiger partial charge in [-0.1, -0.05) is 33.1 Å². The Morgan fingerprint density at radius 3 is 2.53 bits per heavy atom. The van der Waals surface area contributed by atoms with Crippen molar-refractivity contribution in [2.75, 3.05) is 26.3 Å². The van der Waals surface area contributed by atoms with Gasteiger partial charge in [0.25, 0.3) is 5.91 Å². The summed E-state index contributed by atoms with van der Waals surface area (Å²) in [6, 6.07) is 6.00. The summed E-state index contributed by atoms with van der Waals surface area (Å²) in [6.45, 7) is 5.86. The van der Waals surface area contributed by atoms with Gasteiger partial charge in [0, 0.05) is 18.7 Å². The topological polar surface area (TPSA) is 97.0 Å². The monoisotopic (exact) mass is 463 g/mol. The molecule has 0 bridgehead atoms. The minimum Gasteiger partial charge on any atom is -0.494 e. The Labute approximate surface area is 195 Å². The number of hydrogen-bond acceptors (Lipinski definition) is 6. The molecule has 176 valence electrons. The summed E-state index contributed by atoms with van der Waals surface area (Å²) in [5, 5.41) is 5.51. The lowest BCUT2D eigenvalue weighted by Crippen LogP contribution is -2.60. The Morgan fingerprint density at radius 1 is 1.12 bits per heavy atom. The van der Waals surface area contributed by atoms with Crippen LogP contribution in [0.5, 0.6) is 5.75 Å². The molecule has 1 fully saturated rings. The average molecular weight is 464 g/mol. The quantitative estimate of drug-likeness (QED) is 0.296. The first kappa shape index (κ1) is 25.6. The molecule has 1 aromatic rings. The molecule has 0 aliphatic carbocycles. The normalized spacial score (nSPS) is 15.6. The Bertz CT molecular complexity index is 784. The van der Waals surface area contributed by atoms with Crippen LogP contribution < -0.4 is 15.4 Å². The Balaban J connectivity index is 1.92. The van der Waals surface area contributed by atoms with Crippen molar-refractivity contribution in [2.24, 2.45) is 0 Å². The van der Waals surface area contributed by atoms with E-state index in [-0.39, 0.29) is 23.3 Å². The molecule has 1 aliphatic heterocycles. The fourth-order valence-electron chi connectivity index (χ4n) is 3.19. The Morgan fingerprint density at radius 2 is 1.84 bits per heavy atom. The van der Waals surface area contributed by atoms with E-state index in [9.17, 15) is 14.4 Å². The van der Waals surface area contributed by atoms with E-state index in [0.717, 1.165) is 32.1 Å². The molecular formula is C23H33N3O5S. The van der Waals surface area contributed by atoms with Crippen LogP contribution in [0.25, 0.3) is 0 Å². The first-order valence-electron chi connectivity index (χ1n) is 11.2. The van der Waals surface area contributed by atoms with E-state index in [2.05, 4.69) is 17.6 Å². The van der Waals surface area contributed by atoms with Crippen LogP contribution >= 0.6 is 12.2 Å². The number of esters is 1. The van der Waals surface area contributed by atoms with Gasteiger partial charge in [0.15, 0.2) is 5.11 Å². The molecule has 0 saturated carbocycles. The van der Waals surface area contributed by atoms with Crippen molar-refractivity contribution in [2.45, 2.75) is 58.4 Å². The predicted molar refractivity (Wildman–Crippen MR) is 126 cm³/mol. The molecule has 8 nitrogen and oxygen atoms in total. The van der Waals surface area contributed by atoms with Gasteiger partial charge in [-0.05, 0) is 49.3 Å². The molecular weight excluding hydrogens is 430 g/mol. The minimum atomic E-state index is -0.815. The second kappa shape index (κ2) is 13.7. The molecule has 1 atom stereocenters. The van der Waals surface area contributed by atoms with Gasteiger partial charge < -0.3 is 19.7 Å². The van der Waals surface area contributed by atoms with Gasteiger partial charge in [-0.3, -0.25) is 19.7 Å². The van der Waals surface area contributed by atoms with Crippen LogP contribution in [0.4, 0.5) is 0 Å². The van der Waals surface area contributed by atoms with Crippen LogP contribution in [0, 0.1) is 0 Å². The summed E-state index contributed by atoms with van der Waals surface area (Å²) >= 11 is 5.38. The third kappa shape index (κ3) is 8.11. The van der Waals surface area contributed by atoms with Crippen LogP contribution in [0.1, 0.15) is 62.7 Å². The van der Waals surface area contributed by atoms with E-state index in [1.807, 2.05) is 6.92 Å². The first-order valence-corrected chi connectivity index (χ1v) is 11.6. The fourth-order valence-corrected chi connectivity index (χ4v) is 3.50. The van der Waals surface area contributed by atoms with E-state index in [1.54, 1.807) is 29.2 Å². The smallest absolute Gasteiger partial charge is 0.308 e. The largest absolute Gasteiger partial charge is 0.494 e. The minimum absolute atomic E-state index is 0.108. The van der Waals surface area contributed by atoms with Crippen molar-refractivity contribution in [1.82, 2.24) is 15.5 Å². The third-order valence-corrected chi connectivity index (χ3v) is 5.40. The number of amides is 2. The summed E-state index contributed by atoms with van der Waals surface area (Å²) in [4.78, 5) is 38.7. The van der Waals surface area contributed by atoms with Crippen LogP contribution in [-0.4, -0.2) is 60.1 Å². The highest BCUT2D eigenvalue weighted by molar-refractivity contribution is 7.80. The van der Waals surface area contributed by atoms with E-state index < -0.39 is 12.0 Å². The number of rotatable bonds is 11. The summed E-state index contributed by atoms with van der Waals surface area (Å²) in [5.41, 5.74) is 0.422. The van der Waals surface area contributed by atoms with Gasteiger partial charge in [-0.25, -0.2) is 0 Å². The van der Waals surface area contributed by atoms with Crippen molar-refractivity contribution >= 4 is 35.1 Å². The SMILES string of the molecule is CCCCCOc1ccc(C(=O)NC(=S)N2CCNC(=O)C2CC(=O)OCCCC)cc1. The second-order valence-electron chi connectivity index (χ2n) is 7.62. The van der Waals surface area contributed by atoms with Gasteiger partial charge in [-0.2, -0.15) is 0 Å². The number of ether oxygens (including phenoxy) is 2. The number of thiocarbonyl (C=S) groups is 1. The van der Waals surface area contributed by atoms with Gasteiger partial charge in [0.1, 0.15) is 11.8 Å². The molecule has 1 aliphatic rings. The second-order valence-corrected chi connectivity index (χ2v) is 8.00. The number of hydrogen-bond donors (Lipinski definition) is 2. The summed E-state index contributed by atoms with van der Waals surface area (Å²) in [6.07, 6.45) is 4.78. The summed E-state index contributed by atoms with van der Waals surface area (Å²) in [5.74, 6) is -0.462. The van der Waals surface area contributed by atoms with E-state index in [4.69, 9.17) is 21.7 Å². The predicted octanol–water partition coefficient (Wildman–Crippen LogP) is 2.80. The van der Waals surface area contributed by atoms with Crippen molar-refractivity contribution in [3.63, 3.8) is 0 Å². The molecule has 2 amide bonds. The maximum atomic E-state index is 12.6. The van der Waals surface area contributed by atoms with Crippen LogP contribution in [-0.2, 0) is 14.3 Å². The van der Waals surface area contributed by atoms with Crippen LogP contribution in [0.15, 0.2) is 24.3 Å².